The normalized spacial score (nSPS) is 16.9. The number of anilines is 1. The van der Waals surface area contributed by atoms with E-state index in [0.717, 1.165) is 36.2 Å². The Kier molecular flexibility index (Phi) is 5.35. The van der Waals surface area contributed by atoms with Crippen molar-refractivity contribution >= 4 is 5.69 Å². The van der Waals surface area contributed by atoms with Gasteiger partial charge in [-0.2, -0.15) is 0 Å². The van der Waals surface area contributed by atoms with Gasteiger partial charge < -0.3 is 10.0 Å². The van der Waals surface area contributed by atoms with E-state index in [4.69, 9.17) is 0 Å². The molecule has 0 bridgehead atoms. The van der Waals surface area contributed by atoms with Gasteiger partial charge >= 0.3 is 0 Å². The zero-order valence-corrected chi connectivity index (χ0v) is 13.0. The number of hydrogen-bond acceptors (Lipinski definition) is 4. The number of piperidine rings is 1. The summed E-state index contributed by atoms with van der Waals surface area (Å²) in [5, 5.41) is 9.57. The molecule has 1 N–H and O–H groups in total. The van der Waals surface area contributed by atoms with Gasteiger partial charge in [-0.25, -0.2) is 9.97 Å². The topological polar surface area (TPSA) is 49.2 Å². The minimum absolute atomic E-state index is 0.00748. The van der Waals surface area contributed by atoms with Crippen molar-refractivity contribution < 1.29 is 5.11 Å². The maximum Gasteiger partial charge on any atom is 0.131 e. The van der Waals surface area contributed by atoms with Gasteiger partial charge in [0.25, 0.3) is 0 Å². The summed E-state index contributed by atoms with van der Waals surface area (Å²) in [6.45, 7) is 8.52. The van der Waals surface area contributed by atoms with Crippen molar-refractivity contribution in [2.75, 3.05) is 18.0 Å². The highest BCUT2D eigenvalue weighted by atomic mass is 16.3. The molecule has 4 heteroatoms. The van der Waals surface area contributed by atoms with Crippen LogP contribution in [0.1, 0.15) is 63.9 Å². The maximum absolute atomic E-state index is 9.57. The maximum atomic E-state index is 9.57. The van der Waals surface area contributed by atoms with Crippen LogP contribution >= 0.6 is 0 Å². The van der Waals surface area contributed by atoms with E-state index in [1.165, 1.54) is 25.7 Å². The Labute approximate surface area is 122 Å². The van der Waals surface area contributed by atoms with E-state index in [1.807, 2.05) is 6.20 Å². The predicted octanol–water partition coefficient (Wildman–Crippen LogP) is 3.11. The molecule has 2 heterocycles. The van der Waals surface area contributed by atoms with E-state index >= 15 is 0 Å². The molecule has 0 amide bonds. The summed E-state index contributed by atoms with van der Waals surface area (Å²) >= 11 is 0. The SMILES string of the molecule is CCCC1CCN(c2cnc(C(C)C)nc2CO)CC1. The fourth-order valence-corrected chi connectivity index (χ4v) is 2.96. The zero-order valence-electron chi connectivity index (χ0n) is 13.0. The second kappa shape index (κ2) is 7.02. The van der Waals surface area contributed by atoms with Gasteiger partial charge in [0.2, 0.25) is 0 Å². The minimum Gasteiger partial charge on any atom is -0.390 e. The van der Waals surface area contributed by atoms with Gasteiger partial charge in [0.1, 0.15) is 5.82 Å². The number of aliphatic hydroxyl groups is 1. The number of rotatable bonds is 5. The van der Waals surface area contributed by atoms with Crippen molar-refractivity contribution in [3.8, 4) is 0 Å². The highest BCUT2D eigenvalue weighted by molar-refractivity contribution is 5.49. The van der Waals surface area contributed by atoms with Crippen molar-refractivity contribution in [3.63, 3.8) is 0 Å². The molecule has 2 rings (SSSR count). The Morgan fingerprint density at radius 3 is 2.60 bits per heavy atom. The third kappa shape index (κ3) is 3.48. The van der Waals surface area contributed by atoms with Crippen LogP contribution in [0.2, 0.25) is 0 Å². The Balaban J connectivity index is 2.09. The first-order valence-corrected chi connectivity index (χ1v) is 7.87. The van der Waals surface area contributed by atoms with Gasteiger partial charge in [0.15, 0.2) is 0 Å². The number of aromatic nitrogens is 2. The Morgan fingerprint density at radius 1 is 1.35 bits per heavy atom. The van der Waals surface area contributed by atoms with E-state index in [1.54, 1.807) is 0 Å². The first-order valence-electron chi connectivity index (χ1n) is 7.87. The average Bonchev–Trinajstić information content (AvgIpc) is 2.47. The molecule has 1 aromatic rings. The van der Waals surface area contributed by atoms with Crippen LogP contribution in [0.25, 0.3) is 0 Å². The molecule has 0 radical (unpaired) electrons. The lowest BCUT2D eigenvalue weighted by molar-refractivity contribution is 0.275. The molecule has 0 aliphatic carbocycles. The zero-order chi connectivity index (χ0) is 14.5. The largest absolute Gasteiger partial charge is 0.390 e. The summed E-state index contributed by atoms with van der Waals surface area (Å²) < 4.78 is 0. The quantitative estimate of drug-likeness (QED) is 0.898. The Bertz CT molecular complexity index is 426. The number of hydrogen-bond donors (Lipinski definition) is 1. The van der Waals surface area contributed by atoms with Crippen molar-refractivity contribution in [3.05, 3.63) is 17.7 Å². The summed E-state index contributed by atoms with van der Waals surface area (Å²) in [5.41, 5.74) is 1.80. The van der Waals surface area contributed by atoms with Crippen LogP contribution in [0, 0.1) is 5.92 Å². The fraction of sp³-hybridized carbons (Fsp3) is 0.750. The van der Waals surface area contributed by atoms with Crippen molar-refractivity contribution in [1.29, 1.82) is 0 Å². The van der Waals surface area contributed by atoms with Crippen LogP contribution in [0.4, 0.5) is 5.69 Å². The monoisotopic (exact) mass is 277 g/mol. The summed E-state index contributed by atoms with van der Waals surface area (Å²) in [7, 11) is 0. The van der Waals surface area contributed by atoms with E-state index in [0.29, 0.717) is 5.92 Å². The summed E-state index contributed by atoms with van der Waals surface area (Å²) in [6.07, 6.45) is 6.99. The van der Waals surface area contributed by atoms with Gasteiger partial charge in [-0.1, -0.05) is 33.6 Å². The van der Waals surface area contributed by atoms with Crippen LogP contribution in [0.15, 0.2) is 6.20 Å². The van der Waals surface area contributed by atoms with Crippen molar-refractivity contribution in [2.24, 2.45) is 5.92 Å². The smallest absolute Gasteiger partial charge is 0.131 e. The van der Waals surface area contributed by atoms with E-state index in [-0.39, 0.29) is 6.61 Å². The molecule has 1 aliphatic rings. The molecule has 1 aromatic heterocycles. The number of aliphatic hydroxyl groups excluding tert-OH is 1. The van der Waals surface area contributed by atoms with Crippen molar-refractivity contribution in [2.45, 2.75) is 59.0 Å². The number of nitrogens with zero attached hydrogens (tertiary/aromatic N) is 3. The lowest BCUT2D eigenvalue weighted by Gasteiger charge is -2.34. The second-order valence-electron chi connectivity index (χ2n) is 6.09. The fourth-order valence-electron chi connectivity index (χ4n) is 2.96. The molecule has 1 saturated heterocycles. The van der Waals surface area contributed by atoms with Gasteiger partial charge in [-0.05, 0) is 18.8 Å². The van der Waals surface area contributed by atoms with Gasteiger partial charge in [-0.15, -0.1) is 0 Å². The van der Waals surface area contributed by atoms with Crippen molar-refractivity contribution in [1.82, 2.24) is 9.97 Å². The van der Waals surface area contributed by atoms with Crippen LogP contribution in [0.5, 0.6) is 0 Å². The molecule has 20 heavy (non-hydrogen) atoms. The van der Waals surface area contributed by atoms with E-state index in [2.05, 4.69) is 35.6 Å². The van der Waals surface area contributed by atoms with Gasteiger partial charge in [-0.3, -0.25) is 0 Å². The lowest BCUT2D eigenvalue weighted by Crippen LogP contribution is -2.34. The van der Waals surface area contributed by atoms with Crippen LogP contribution in [-0.4, -0.2) is 28.2 Å². The first kappa shape index (κ1) is 15.2. The predicted molar refractivity (Wildman–Crippen MR) is 81.9 cm³/mol. The molecular formula is C16H27N3O. The van der Waals surface area contributed by atoms with Gasteiger partial charge in [0, 0.05) is 19.0 Å². The molecule has 0 aromatic carbocycles. The van der Waals surface area contributed by atoms with Gasteiger partial charge in [0.05, 0.1) is 24.2 Å². The van der Waals surface area contributed by atoms with E-state index < -0.39 is 0 Å². The third-order valence-corrected chi connectivity index (χ3v) is 4.18. The standard InChI is InChI=1S/C16H27N3O/c1-4-5-13-6-8-19(9-7-13)15-10-17-16(12(2)3)18-14(15)11-20/h10,12-13,20H,4-9,11H2,1-3H3. The summed E-state index contributed by atoms with van der Waals surface area (Å²) in [5.74, 6) is 1.98. The summed E-state index contributed by atoms with van der Waals surface area (Å²) in [6, 6.07) is 0. The molecule has 0 unspecified atom stereocenters. The molecule has 0 spiro atoms. The van der Waals surface area contributed by atoms with Crippen LogP contribution < -0.4 is 4.90 Å². The van der Waals surface area contributed by atoms with Crippen LogP contribution in [-0.2, 0) is 6.61 Å². The summed E-state index contributed by atoms with van der Waals surface area (Å²) in [4.78, 5) is 11.3. The molecular weight excluding hydrogens is 250 g/mol. The highest BCUT2D eigenvalue weighted by Crippen LogP contribution is 2.28. The third-order valence-electron chi connectivity index (χ3n) is 4.18. The second-order valence-corrected chi connectivity index (χ2v) is 6.09. The lowest BCUT2D eigenvalue weighted by atomic mass is 9.92. The molecule has 1 fully saturated rings. The van der Waals surface area contributed by atoms with Crippen LogP contribution in [0.3, 0.4) is 0 Å². The molecule has 1 aliphatic heterocycles. The Morgan fingerprint density at radius 2 is 2.05 bits per heavy atom. The molecule has 0 atom stereocenters. The molecule has 4 nitrogen and oxygen atoms in total. The molecule has 112 valence electrons. The highest BCUT2D eigenvalue weighted by Gasteiger charge is 2.21. The first-order chi connectivity index (χ1) is 9.65. The minimum atomic E-state index is -0.00748. The average molecular weight is 277 g/mol. The Hall–Kier alpha value is -1.16. The van der Waals surface area contributed by atoms with E-state index in [9.17, 15) is 5.11 Å². The molecule has 0 saturated carbocycles.